The van der Waals surface area contributed by atoms with E-state index in [1.54, 1.807) is 6.92 Å². The fraction of sp³-hybridized carbons (Fsp3) is 0.545. The second kappa shape index (κ2) is 5.14. The number of hydrogen-bond acceptors (Lipinski definition) is 6. The van der Waals surface area contributed by atoms with Crippen molar-refractivity contribution in [3.63, 3.8) is 0 Å². The van der Waals surface area contributed by atoms with Crippen LogP contribution >= 0.6 is 0 Å². The Bertz CT molecular complexity index is 458. The molecule has 1 aromatic rings. The van der Waals surface area contributed by atoms with Crippen LogP contribution in [-0.2, 0) is 4.79 Å². The summed E-state index contributed by atoms with van der Waals surface area (Å²) in [5.74, 6) is -0.288. The lowest BCUT2D eigenvalue weighted by Crippen LogP contribution is -2.43. The molecule has 1 aliphatic heterocycles. The van der Waals surface area contributed by atoms with Crippen molar-refractivity contribution in [2.45, 2.75) is 19.8 Å². The average Bonchev–Trinajstić information content (AvgIpc) is 2.39. The molecule has 0 aromatic carbocycles. The van der Waals surface area contributed by atoms with Crippen molar-refractivity contribution in [1.82, 2.24) is 9.97 Å². The maximum atomic E-state index is 11.1. The maximum Gasteiger partial charge on any atom is 0.491 e. The topological polar surface area (TPSA) is 107 Å². The van der Waals surface area contributed by atoms with Crippen molar-refractivity contribution < 1.29 is 19.9 Å². The molecule has 0 aliphatic carbocycles. The number of nitrogens with zero attached hydrogens (tertiary/aromatic N) is 3. The molecular weight excluding hydrogens is 249 g/mol. The van der Waals surface area contributed by atoms with Crippen molar-refractivity contribution in [1.29, 1.82) is 0 Å². The third-order valence-electron chi connectivity index (χ3n) is 3.62. The van der Waals surface area contributed by atoms with Crippen LogP contribution in [0.5, 0.6) is 0 Å². The zero-order chi connectivity index (χ0) is 14.0. The first-order valence-electron chi connectivity index (χ1n) is 6.09. The van der Waals surface area contributed by atoms with E-state index < -0.39 is 18.5 Å². The third kappa shape index (κ3) is 2.85. The minimum Gasteiger partial charge on any atom is -0.481 e. The molecule has 1 fully saturated rings. The van der Waals surface area contributed by atoms with Gasteiger partial charge in [-0.2, -0.15) is 0 Å². The zero-order valence-electron chi connectivity index (χ0n) is 10.7. The van der Waals surface area contributed by atoms with Gasteiger partial charge >= 0.3 is 13.1 Å². The summed E-state index contributed by atoms with van der Waals surface area (Å²) in [5.41, 5.74) is -0.450. The van der Waals surface area contributed by atoms with Gasteiger partial charge in [0.05, 0.1) is 5.41 Å². The van der Waals surface area contributed by atoms with E-state index in [0.717, 1.165) is 0 Å². The fourth-order valence-corrected chi connectivity index (χ4v) is 2.04. The Kier molecular flexibility index (Phi) is 3.72. The van der Waals surface area contributed by atoms with Crippen LogP contribution in [0.15, 0.2) is 12.4 Å². The SMILES string of the molecule is CC1(C(=O)O)CCN(c2ncc(B(O)O)cn2)CC1. The molecule has 1 saturated heterocycles. The van der Waals surface area contributed by atoms with Gasteiger partial charge in [0.1, 0.15) is 0 Å². The molecule has 1 aliphatic rings. The van der Waals surface area contributed by atoms with Crippen molar-refractivity contribution in [3.05, 3.63) is 12.4 Å². The summed E-state index contributed by atoms with van der Waals surface area (Å²) >= 11 is 0. The maximum absolute atomic E-state index is 11.1. The summed E-state index contributed by atoms with van der Waals surface area (Å²) in [6.07, 6.45) is 3.79. The number of aliphatic carboxylic acids is 1. The predicted molar refractivity (Wildman–Crippen MR) is 69.0 cm³/mol. The number of carboxylic acid groups (broad SMARTS) is 1. The molecule has 2 heterocycles. The van der Waals surface area contributed by atoms with Gasteiger partial charge in [0.25, 0.3) is 0 Å². The highest BCUT2D eigenvalue weighted by molar-refractivity contribution is 6.58. The van der Waals surface area contributed by atoms with Crippen LogP contribution in [0.25, 0.3) is 0 Å². The first kappa shape index (κ1) is 13.8. The Balaban J connectivity index is 2.03. The van der Waals surface area contributed by atoms with Crippen LogP contribution in [-0.4, -0.2) is 51.3 Å². The Morgan fingerprint density at radius 3 is 2.26 bits per heavy atom. The van der Waals surface area contributed by atoms with Gasteiger partial charge in [-0.05, 0) is 19.8 Å². The van der Waals surface area contributed by atoms with E-state index in [1.807, 2.05) is 4.90 Å². The summed E-state index contributed by atoms with van der Waals surface area (Å²) in [5, 5.41) is 27.0. The number of anilines is 1. The molecule has 0 unspecified atom stereocenters. The smallest absolute Gasteiger partial charge is 0.481 e. The number of carboxylic acids is 1. The Hall–Kier alpha value is -1.67. The van der Waals surface area contributed by atoms with Crippen LogP contribution in [0.2, 0.25) is 0 Å². The van der Waals surface area contributed by atoms with Crippen LogP contribution in [0.1, 0.15) is 19.8 Å². The highest BCUT2D eigenvalue weighted by atomic mass is 16.4. The van der Waals surface area contributed by atoms with Crippen LogP contribution < -0.4 is 10.4 Å². The van der Waals surface area contributed by atoms with Crippen LogP contribution in [0.4, 0.5) is 5.95 Å². The zero-order valence-corrected chi connectivity index (χ0v) is 10.7. The number of aromatic nitrogens is 2. The second-order valence-electron chi connectivity index (χ2n) is 5.04. The summed E-state index contributed by atoms with van der Waals surface area (Å²) in [4.78, 5) is 21.2. The average molecular weight is 265 g/mol. The van der Waals surface area contributed by atoms with E-state index in [2.05, 4.69) is 9.97 Å². The Morgan fingerprint density at radius 1 is 1.32 bits per heavy atom. The van der Waals surface area contributed by atoms with Gasteiger partial charge in [0.2, 0.25) is 5.95 Å². The van der Waals surface area contributed by atoms with Crippen LogP contribution in [0, 0.1) is 5.41 Å². The molecule has 0 amide bonds. The molecule has 0 spiro atoms. The van der Waals surface area contributed by atoms with Gasteiger partial charge in [0.15, 0.2) is 0 Å². The number of piperidine rings is 1. The number of carbonyl (C=O) groups is 1. The minimum atomic E-state index is -1.58. The summed E-state index contributed by atoms with van der Waals surface area (Å²) < 4.78 is 0. The summed E-state index contributed by atoms with van der Waals surface area (Å²) in [7, 11) is -1.58. The highest BCUT2D eigenvalue weighted by Crippen LogP contribution is 2.31. The van der Waals surface area contributed by atoms with Gasteiger partial charge in [-0.15, -0.1) is 0 Å². The van der Waals surface area contributed by atoms with Gasteiger partial charge in [-0.3, -0.25) is 4.79 Å². The van der Waals surface area contributed by atoms with Crippen molar-refractivity contribution in [2.24, 2.45) is 5.41 Å². The minimum absolute atomic E-state index is 0.233. The lowest BCUT2D eigenvalue weighted by molar-refractivity contribution is -0.149. The van der Waals surface area contributed by atoms with Crippen molar-refractivity contribution in [3.8, 4) is 0 Å². The van der Waals surface area contributed by atoms with E-state index in [4.69, 9.17) is 15.2 Å². The molecule has 7 nitrogen and oxygen atoms in total. The predicted octanol–water partition coefficient (Wildman–Crippen LogP) is -1.15. The van der Waals surface area contributed by atoms with E-state index in [9.17, 15) is 4.79 Å². The fourth-order valence-electron chi connectivity index (χ4n) is 2.04. The molecular formula is C11H16BN3O4. The number of rotatable bonds is 3. The molecule has 0 atom stereocenters. The molecule has 1 aromatic heterocycles. The second-order valence-corrected chi connectivity index (χ2v) is 5.04. The molecule has 0 bridgehead atoms. The number of hydrogen-bond donors (Lipinski definition) is 3. The third-order valence-corrected chi connectivity index (χ3v) is 3.62. The Morgan fingerprint density at radius 2 is 1.84 bits per heavy atom. The largest absolute Gasteiger partial charge is 0.491 e. The summed E-state index contributed by atoms with van der Waals surface area (Å²) in [6.45, 7) is 2.90. The van der Waals surface area contributed by atoms with E-state index in [1.165, 1.54) is 12.4 Å². The van der Waals surface area contributed by atoms with Crippen molar-refractivity contribution in [2.75, 3.05) is 18.0 Å². The summed E-state index contributed by atoms with van der Waals surface area (Å²) in [6, 6.07) is 0. The lowest BCUT2D eigenvalue weighted by Gasteiger charge is -2.36. The van der Waals surface area contributed by atoms with Crippen LogP contribution in [0.3, 0.4) is 0 Å². The van der Waals surface area contributed by atoms with Gasteiger partial charge < -0.3 is 20.1 Å². The standard InChI is InChI=1S/C11H16BN3O4/c1-11(9(16)17)2-4-15(5-3-11)10-13-6-8(7-14-10)12(18)19/h6-7,18-19H,2-5H2,1H3,(H,16,17). The van der Waals surface area contributed by atoms with Gasteiger partial charge in [0, 0.05) is 30.9 Å². The van der Waals surface area contributed by atoms with Crippen molar-refractivity contribution >= 4 is 24.5 Å². The van der Waals surface area contributed by atoms with Gasteiger partial charge in [-0.25, -0.2) is 9.97 Å². The van der Waals surface area contributed by atoms with Gasteiger partial charge in [-0.1, -0.05) is 0 Å². The molecule has 19 heavy (non-hydrogen) atoms. The molecule has 2 rings (SSSR count). The van der Waals surface area contributed by atoms with E-state index in [0.29, 0.717) is 31.9 Å². The first-order chi connectivity index (χ1) is 8.92. The molecule has 3 N–H and O–H groups in total. The first-order valence-corrected chi connectivity index (χ1v) is 6.09. The van der Waals surface area contributed by atoms with E-state index in [-0.39, 0.29) is 5.46 Å². The molecule has 0 saturated carbocycles. The molecule has 0 radical (unpaired) electrons. The lowest BCUT2D eigenvalue weighted by atomic mass is 9.80. The molecule has 8 heteroatoms. The monoisotopic (exact) mass is 265 g/mol. The normalized spacial score (nSPS) is 18.2. The highest BCUT2D eigenvalue weighted by Gasteiger charge is 2.37. The Labute approximate surface area is 111 Å². The molecule has 102 valence electrons. The van der Waals surface area contributed by atoms with E-state index >= 15 is 0 Å². The quantitative estimate of drug-likeness (QED) is 0.592.